The molecule has 4 N–H and O–H groups in total. The molecule has 3 heteroatoms. The van der Waals surface area contributed by atoms with Crippen molar-refractivity contribution in [2.45, 2.75) is 26.5 Å². The van der Waals surface area contributed by atoms with Crippen molar-refractivity contribution in [3.05, 3.63) is 34.9 Å². The van der Waals surface area contributed by atoms with E-state index in [-0.39, 0.29) is 0 Å². The molecule has 0 aliphatic carbocycles. The van der Waals surface area contributed by atoms with Gasteiger partial charge in [0.15, 0.2) is 0 Å². The average Bonchev–Trinajstić information content (AvgIpc) is 2.23. The predicted molar refractivity (Wildman–Crippen MR) is 62.7 cm³/mol. The van der Waals surface area contributed by atoms with E-state index >= 15 is 0 Å². The zero-order valence-corrected chi connectivity index (χ0v) is 9.46. The van der Waals surface area contributed by atoms with Crippen LogP contribution in [0.15, 0.2) is 18.2 Å². The number of rotatable bonds is 5. The molecule has 0 aliphatic rings. The zero-order chi connectivity index (χ0) is 11.3. The number of nitrogens with one attached hydrogen (secondary N) is 1. The lowest BCUT2D eigenvalue weighted by atomic mass is 10.1. The molecule has 1 aromatic rings. The second kappa shape index (κ2) is 5.85. The fraction of sp³-hybridized carbons (Fsp3) is 0.500. The summed E-state index contributed by atoms with van der Waals surface area (Å²) in [7, 11) is 0. The first-order valence-corrected chi connectivity index (χ1v) is 5.28. The molecule has 1 atom stereocenters. The van der Waals surface area contributed by atoms with Gasteiger partial charge in [-0.15, -0.1) is 0 Å². The first kappa shape index (κ1) is 12.2. The highest BCUT2D eigenvalue weighted by Gasteiger charge is 2.01. The molecule has 0 amide bonds. The van der Waals surface area contributed by atoms with Gasteiger partial charge in [-0.05, 0) is 25.0 Å². The molecule has 1 rings (SSSR count). The Bertz CT molecular complexity index is 312. The topological polar surface area (TPSA) is 58.3 Å². The van der Waals surface area contributed by atoms with Gasteiger partial charge in [0.1, 0.15) is 0 Å². The largest absolute Gasteiger partial charge is 0.390 e. The maximum Gasteiger partial charge on any atom is 0.0786 e. The van der Waals surface area contributed by atoms with Crippen molar-refractivity contribution in [1.29, 1.82) is 0 Å². The van der Waals surface area contributed by atoms with E-state index in [1.165, 1.54) is 16.7 Å². The number of benzene rings is 1. The van der Waals surface area contributed by atoms with Gasteiger partial charge in [-0.25, -0.2) is 0 Å². The second-order valence-corrected chi connectivity index (χ2v) is 3.95. The van der Waals surface area contributed by atoms with Gasteiger partial charge in [-0.3, -0.25) is 0 Å². The van der Waals surface area contributed by atoms with Crippen molar-refractivity contribution in [2.24, 2.45) is 5.73 Å². The van der Waals surface area contributed by atoms with E-state index in [9.17, 15) is 5.11 Å². The van der Waals surface area contributed by atoms with Crippen LogP contribution >= 0.6 is 0 Å². The Labute approximate surface area is 91.3 Å². The van der Waals surface area contributed by atoms with E-state index in [0.717, 1.165) is 6.54 Å². The van der Waals surface area contributed by atoms with Crippen molar-refractivity contribution in [1.82, 2.24) is 5.32 Å². The molecule has 1 aromatic carbocycles. The monoisotopic (exact) mass is 208 g/mol. The summed E-state index contributed by atoms with van der Waals surface area (Å²) in [6.07, 6.45) is -0.449. The third-order valence-electron chi connectivity index (χ3n) is 2.47. The third kappa shape index (κ3) is 4.00. The van der Waals surface area contributed by atoms with Gasteiger partial charge in [-0.2, -0.15) is 0 Å². The minimum Gasteiger partial charge on any atom is -0.390 e. The molecular formula is C12H20N2O. The summed E-state index contributed by atoms with van der Waals surface area (Å²) >= 11 is 0. The molecule has 0 saturated carbocycles. The summed E-state index contributed by atoms with van der Waals surface area (Å²) in [5.41, 5.74) is 9.13. The van der Waals surface area contributed by atoms with Gasteiger partial charge in [0, 0.05) is 19.6 Å². The van der Waals surface area contributed by atoms with Crippen LogP contribution < -0.4 is 11.1 Å². The van der Waals surface area contributed by atoms with Crippen LogP contribution in [-0.2, 0) is 6.54 Å². The molecule has 0 fully saturated rings. The first-order valence-electron chi connectivity index (χ1n) is 5.28. The summed E-state index contributed by atoms with van der Waals surface area (Å²) in [5, 5.41) is 12.5. The predicted octanol–water partition coefficient (Wildman–Crippen LogP) is 0.713. The maximum absolute atomic E-state index is 9.27. The molecule has 0 aromatic heterocycles. The normalized spacial score (nSPS) is 12.8. The van der Waals surface area contributed by atoms with Gasteiger partial charge in [-0.1, -0.05) is 23.8 Å². The minimum atomic E-state index is -0.449. The molecule has 3 nitrogen and oxygen atoms in total. The fourth-order valence-corrected chi connectivity index (χ4v) is 1.45. The van der Waals surface area contributed by atoms with Crippen molar-refractivity contribution >= 4 is 0 Å². The van der Waals surface area contributed by atoms with Crippen LogP contribution in [0.3, 0.4) is 0 Å². The molecule has 15 heavy (non-hydrogen) atoms. The number of aliphatic hydroxyl groups is 1. The van der Waals surface area contributed by atoms with Crippen LogP contribution in [0, 0.1) is 13.8 Å². The van der Waals surface area contributed by atoms with Crippen LogP contribution in [0.1, 0.15) is 16.7 Å². The molecule has 1 unspecified atom stereocenters. The fourth-order valence-electron chi connectivity index (χ4n) is 1.45. The summed E-state index contributed by atoms with van der Waals surface area (Å²) in [6, 6.07) is 6.39. The Kier molecular flexibility index (Phi) is 4.75. The Hall–Kier alpha value is -0.900. The highest BCUT2D eigenvalue weighted by Crippen LogP contribution is 2.09. The summed E-state index contributed by atoms with van der Waals surface area (Å²) in [5.74, 6) is 0. The summed E-state index contributed by atoms with van der Waals surface area (Å²) in [6.45, 7) is 5.81. The number of hydrogen-bond donors (Lipinski definition) is 3. The van der Waals surface area contributed by atoms with Crippen LogP contribution in [0.5, 0.6) is 0 Å². The lowest BCUT2D eigenvalue weighted by Crippen LogP contribution is -2.32. The van der Waals surface area contributed by atoms with Gasteiger partial charge >= 0.3 is 0 Å². The molecule has 84 valence electrons. The molecular weight excluding hydrogens is 188 g/mol. The summed E-state index contributed by atoms with van der Waals surface area (Å²) < 4.78 is 0. The minimum absolute atomic E-state index is 0.305. The Balaban J connectivity index is 2.46. The van der Waals surface area contributed by atoms with Crippen LogP contribution in [0.2, 0.25) is 0 Å². The number of aliphatic hydroxyl groups excluding tert-OH is 1. The van der Waals surface area contributed by atoms with Gasteiger partial charge in [0.05, 0.1) is 6.10 Å². The highest BCUT2D eigenvalue weighted by atomic mass is 16.3. The Morgan fingerprint density at radius 2 is 2.13 bits per heavy atom. The third-order valence-corrected chi connectivity index (χ3v) is 2.47. The second-order valence-electron chi connectivity index (χ2n) is 3.95. The molecule has 0 bridgehead atoms. The standard InChI is InChI=1S/C12H20N2O/c1-9-3-4-10(2)11(5-9)7-14-8-12(15)6-13/h3-5,12,14-15H,6-8,13H2,1-2H3. The van der Waals surface area contributed by atoms with E-state index in [1.54, 1.807) is 0 Å². The molecule has 0 radical (unpaired) electrons. The van der Waals surface area contributed by atoms with Crippen molar-refractivity contribution in [3.8, 4) is 0 Å². The number of nitrogens with two attached hydrogens (primary N) is 1. The van der Waals surface area contributed by atoms with E-state index in [4.69, 9.17) is 5.73 Å². The van der Waals surface area contributed by atoms with Crippen LogP contribution in [0.25, 0.3) is 0 Å². The van der Waals surface area contributed by atoms with Gasteiger partial charge < -0.3 is 16.2 Å². The Morgan fingerprint density at radius 1 is 1.40 bits per heavy atom. The Morgan fingerprint density at radius 3 is 2.80 bits per heavy atom. The number of aryl methyl sites for hydroxylation is 2. The van der Waals surface area contributed by atoms with E-state index in [1.807, 2.05) is 0 Å². The van der Waals surface area contributed by atoms with Crippen molar-refractivity contribution < 1.29 is 5.11 Å². The number of hydrogen-bond acceptors (Lipinski definition) is 3. The van der Waals surface area contributed by atoms with Crippen LogP contribution in [-0.4, -0.2) is 24.3 Å². The maximum atomic E-state index is 9.27. The van der Waals surface area contributed by atoms with Crippen molar-refractivity contribution in [2.75, 3.05) is 13.1 Å². The molecule has 0 spiro atoms. The van der Waals surface area contributed by atoms with Crippen molar-refractivity contribution in [3.63, 3.8) is 0 Å². The smallest absolute Gasteiger partial charge is 0.0786 e. The quantitative estimate of drug-likeness (QED) is 0.668. The van der Waals surface area contributed by atoms with Crippen LogP contribution in [0.4, 0.5) is 0 Å². The zero-order valence-electron chi connectivity index (χ0n) is 9.46. The van der Waals surface area contributed by atoms with Gasteiger partial charge in [0.25, 0.3) is 0 Å². The highest BCUT2D eigenvalue weighted by molar-refractivity contribution is 5.30. The molecule has 0 saturated heterocycles. The van der Waals surface area contributed by atoms with Gasteiger partial charge in [0.2, 0.25) is 0 Å². The lowest BCUT2D eigenvalue weighted by Gasteiger charge is -2.11. The average molecular weight is 208 g/mol. The lowest BCUT2D eigenvalue weighted by molar-refractivity contribution is 0.179. The van der Waals surface area contributed by atoms with E-state index < -0.39 is 6.10 Å². The first-order chi connectivity index (χ1) is 7.13. The van der Waals surface area contributed by atoms with E-state index in [2.05, 4.69) is 37.4 Å². The summed E-state index contributed by atoms with van der Waals surface area (Å²) in [4.78, 5) is 0. The molecule has 0 heterocycles. The molecule has 0 aliphatic heterocycles. The SMILES string of the molecule is Cc1ccc(C)c(CNCC(O)CN)c1. The van der Waals surface area contributed by atoms with E-state index in [0.29, 0.717) is 13.1 Å².